The number of piperazine rings is 1. The molecule has 0 spiro atoms. The molecule has 0 amide bonds. The van der Waals surface area contributed by atoms with E-state index in [-0.39, 0.29) is 0 Å². The van der Waals surface area contributed by atoms with E-state index >= 15 is 0 Å². The van der Waals surface area contributed by atoms with Crippen molar-refractivity contribution in [2.24, 2.45) is 17.6 Å². The fourth-order valence-corrected chi connectivity index (χ4v) is 3.29. The van der Waals surface area contributed by atoms with E-state index in [1.54, 1.807) is 0 Å². The van der Waals surface area contributed by atoms with E-state index < -0.39 is 0 Å². The van der Waals surface area contributed by atoms with Gasteiger partial charge in [-0.1, -0.05) is 13.8 Å². The highest BCUT2D eigenvalue weighted by Crippen LogP contribution is 2.21. The van der Waals surface area contributed by atoms with Crippen molar-refractivity contribution in [2.75, 3.05) is 52.5 Å². The topological polar surface area (TPSA) is 41.7 Å². The van der Waals surface area contributed by atoms with Crippen molar-refractivity contribution in [3.63, 3.8) is 0 Å². The summed E-state index contributed by atoms with van der Waals surface area (Å²) in [6.07, 6.45) is 1.19. The minimum Gasteiger partial charge on any atom is -0.381 e. The van der Waals surface area contributed by atoms with Gasteiger partial charge in [0.25, 0.3) is 0 Å². The van der Waals surface area contributed by atoms with Crippen molar-refractivity contribution in [3.05, 3.63) is 0 Å². The van der Waals surface area contributed by atoms with Gasteiger partial charge in [-0.25, -0.2) is 0 Å². The quantitative estimate of drug-likeness (QED) is 0.782. The van der Waals surface area contributed by atoms with Gasteiger partial charge < -0.3 is 15.4 Å². The predicted octanol–water partition coefficient (Wildman–Crippen LogP) is 0.624. The third kappa shape index (κ3) is 3.67. The summed E-state index contributed by atoms with van der Waals surface area (Å²) in [5.41, 5.74) is 5.99. The van der Waals surface area contributed by atoms with E-state index in [0.29, 0.717) is 12.0 Å². The molecule has 2 N–H and O–H groups in total. The van der Waals surface area contributed by atoms with Crippen LogP contribution in [0.2, 0.25) is 0 Å². The summed E-state index contributed by atoms with van der Waals surface area (Å²) >= 11 is 0. The second-order valence-electron chi connectivity index (χ2n) is 6.16. The van der Waals surface area contributed by atoms with Crippen LogP contribution in [0, 0.1) is 11.8 Å². The zero-order valence-corrected chi connectivity index (χ0v) is 12.0. The molecule has 0 aromatic heterocycles. The average Bonchev–Trinajstić information content (AvgIpc) is 2.85. The minimum atomic E-state index is 0.536. The lowest BCUT2D eigenvalue weighted by molar-refractivity contribution is 0.0624. The average molecular weight is 255 g/mol. The van der Waals surface area contributed by atoms with Crippen molar-refractivity contribution < 1.29 is 4.74 Å². The van der Waals surface area contributed by atoms with Crippen LogP contribution >= 0.6 is 0 Å². The summed E-state index contributed by atoms with van der Waals surface area (Å²) in [5.74, 6) is 1.43. The summed E-state index contributed by atoms with van der Waals surface area (Å²) in [6, 6.07) is 0.536. The highest BCUT2D eigenvalue weighted by molar-refractivity contribution is 4.86. The van der Waals surface area contributed by atoms with Gasteiger partial charge in [0, 0.05) is 57.8 Å². The molecule has 2 heterocycles. The monoisotopic (exact) mass is 255 g/mol. The summed E-state index contributed by atoms with van der Waals surface area (Å²) in [4.78, 5) is 5.18. The Morgan fingerprint density at radius 3 is 2.44 bits per heavy atom. The van der Waals surface area contributed by atoms with Gasteiger partial charge in [-0.3, -0.25) is 4.90 Å². The van der Waals surface area contributed by atoms with Gasteiger partial charge in [0.05, 0.1) is 6.61 Å². The first-order valence-corrected chi connectivity index (χ1v) is 7.45. The highest BCUT2D eigenvalue weighted by Gasteiger charge is 2.31. The van der Waals surface area contributed by atoms with Crippen molar-refractivity contribution in [2.45, 2.75) is 26.3 Å². The molecule has 2 atom stereocenters. The van der Waals surface area contributed by atoms with Gasteiger partial charge in [-0.15, -0.1) is 0 Å². The number of ether oxygens (including phenoxy) is 1. The van der Waals surface area contributed by atoms with Crippen molar-refractivity contribution in [1.82, 2.24) is 9.80 Å². The normalized spacial score (nSPS) is 29.0. The van der Waals surface area contributed by atoms with E-state index in [1.165, 1.54) is 39.1 Å². The smallest absolute Gasteiger partial charge is 0.0510 e. The Hall–Kier alpha value is -0.160. The van der Waals surface area contributed by atoms with E-state index in [9.17, 15) is 0 Å². The maximum atomic E-state index is 5.99. The molecule has 2 unspecified atom stereocenters. The fourth-order valence-electron chi connectivity index (χ4n) is 3.29. The zero-order valence-electron chi connectivity index (χ0n) is 12.0. The van der Waals surface area contributed by atoms with Crippen molar-refractivity contribution >= 4 is 0 Å². The third-order valence-corrected chi connectivity index (χ3v) is 4.25. The summed E-state index contributed by atoms with van der Waals surface area (Å²) < 4.78 is 5.51. The third-order valence-electron chi connectivity index (χ3n) is 4.25. The van der Waals surface area contributed by atoms with E-state index in [4.69, 9.17) is 10.5 Å². The molecular weight excluding hydrogens is 226 g/mol. The van der Waals surface area contributed by atoms with Crippen LogP contribution in [0.25, 0.3) is 0 Å². The SMILES string of the molecule is CC(C)CN1CCN(C(CN)C2CCOC2)CC1. The molecule has 4 nitrogen and oxygen atoms in total. The number of hydrogen-bond acceptors (Lipinski definition) is 4. The van der Waals surface area contributed by atoms with Crippen LogP contribution in [0.5, 0.6) is 0 Å². The van der Waals surface area contributed by atoms with Crippen molar-refractivity contribution in [1.29, 1.82) is 0 Å². The lowest BCUT2D eigenvalue weighted by Crippen LogP contribution is -2.55. The maximum Gasteiger partial charge on any atom is 0.0510 e. The van der Waals surface area contributed by atoms with Gasteiger partial charge in [0.2, 0.25) is 0 Å². The molecule has 18 heavy (non-hydrogen) atoms. The van der Waals surface area contributed by atoms with E-state index in [2.05, 4.69) is 23.6 Å². The van der Waals surface area contributed by atoms with E-state index in [0.717, 1.165) is 25.7 Å². The summed E-state index contributed by atoms with van der Waals surface area (Å²) in [7, 11) is 0. The van der Waals surface area contributed by atoms with Crippen LogP contribution < -0.4 is 5.73 Å². The Balaban J connectivity index is 1.80. The molecule has 0 aromatic rings. The maximum absolute atomic E-state index is 5.99. The molecular formula is C14H29N3O. The van der Waals surface area contributed by atoms with Gasteiger partial charge in [-0.05, 0) is 12.3 Å². The lowest BCUT2D eigenvalue weighted by Gasteiger charge is -2.41. The van der Waals surface area contributed by atoms with Crippen molar-refractivity contribution in [3.8, 4) is 0 Å². The van der Waals surface area contributed by atoms with Crippen LogP contribution in [0.3, 0.4) is 0 Å². The molecule has 0 radical (unpaired) electrons. The molecule has 2 saturated heterocycles. The van der Waals surface area contributed by atoms with Gasteiger partial charge >= 0.3 is 0 Å². The van der Waals surface area contributed by atoms with Crippen LogP contribution in [0.4, 0.5) is 0 Å². The van der Waals surface area contributed by atoms with Crippen LogP contribution in [0.15, 0.2) is 0 Å². The lowest BCUT2D eigenvalue weighted by atomic mass is 9.97. The molecule has 2 aliphatic heterocycles. The molecule has 2 aliphatic rings. The molecule has 0 saturated carbocycles. The van der Waals surface area contributed by atoms with Gasteiger partial charge in [0.15, 0.2) is 0 Å². The summed E-state index contributed by atoms with van der Waals surface area (Å²) in [5, 5.41) is 0. The first-order chi connectivity index (χ1) is 8.70. The molecule has 0 aromatic carbocycles. The Labute approximate surface area is 111 Å². The molecule has 0 aliphatic carbocycles. The predicted molar refractivity (Wildman–Crippen MR) is 74.6 cm³/mol. The second-order valence-corrected chi connectivity index (χ2v) is 6.16. The Bertz CT molecular complexity index is 233. The molecule has 0 bridgehead atoms. The molecule has 2 fully saturated rings. The molecule has 106 valence electrons. The van der Waals surface area contributed by atoms with Crippen LogP contribution in [-0.2, 0) is 4.74 Å². The van der Waals surface area contributed by atoms with Gasteiger partial charge in [0.1, 0.15) is 0 Å². The highest BCUT2D eigenvalue weighted by atomic mass is 16.5. The number of nitrogens with two attached hydrogens (primary N) is 1. The minimum absolute atomic E-state index is 0.536. The second kappa shape index (κ2) is 6.85. The standard InChI is InChI=1S/C14H29N3O/c1-12(2)10-16-4-6-17(7-5-16)14(9-15)13-3-8-18-11-13/h12-14H,3-11,15H2,1-2H3. The molecule has 2 rings (SSSR count). The number of nitrogens with zero attached hydrogens (tertiary/aromatic N) is 2. The zero-order chi connectivity index (χ0) is 13.0. The number of rotatable bonds is 5. The van der Waals surface area contributed by atoms with E-state index in [1.807, 2.05) is 0 Å². The number of hydrogen-bond donors (Lipinski definition) is 1. The first-order valence-electron chi connectivity index (χ1n) is 7.45. The Morgan fingerprint density at radius 2 is 1.94 bits per heavy atom. The van der Waals surface area contributed by atoms with Crippen LogP contribution in [-0.4, -0.2) is 68.3 Å². The Kier molecular flexibility index (Phi) is 5.42. The Morgan fingerprint density at radius 1 is 1.22 bits per heavy atom. The fraction of sp³-hybridized carbons (Fsp3) is 1.00. The summed E-state index contributed by atoms with van der Waals surface area (Å²) in [6.45, 7) is 13.2. The molecule has 4 heteroatoms. The van der Waals surface area contributed by atoms with Crippen LogP contribution in [0.1, 0.15) is 20.3 Å². The first kappa shape index (κ1) is 14.3. The largest absolute Gasteiger partial charge is 0.381 e. The van der Waals surface area contributed by atoms with Gasteiger partial charge in [-0.2, -0.15) is 0 Å².